The third-order valence-electron chi connectivity index (χ3n) is 4.66. The average molecular weight is 346 g/mol. The molecule has 0 unspecified atom stereocenters. The quantitative estimate of drug-likeness (QED) is 0.771. The third-order valence-corrected chi connectivity index (χ3v) is 4.66. The van der Waals surface area contributed by atoms with Crippen molar-refractivity contribution in [1.29, 1.82) is 0 Å². The van der Waals surface area contributed by atoms with E-state index in [1.165, 1.54) is 0 Å². The summed E-state index contributed by atoms with van der Waals surface area (Å²) < 4.78 is 5.92. The van der Waals surface area contributed by atoms with Gasteiger partial charge in [0.15, 0.2) is 0 Å². The second-order valence-electron chi connectivity index (χ2n) is 6.82. The summed E-state index contributed by atoms with van der Waals surface area (Å²) in [7, 11) is 4.04. The maximum absolute atomic E-state index is 12.1. The van der Waals surface area contributed by atoms with E-state index < -0.39 is 0 Å². The molecule has 7 nitrogen and oxygen atoms in total. The molecule has 2 heterocycles. The second kappa shape index (κ2) is 7.84. The van der Waals surface area contributed by atoms with E-state index in [9.17, 15) is 9.59 Å². The number of hydrogen-bond donors (Lipinski definition) is 1. The first-order valence-corrected chi connectivity index (χ1v) is 8.69. The van der Waals surface area contributed by atoms with Crippen LogP contribution in [0.3, 0.4) is 0 Å². The number of hydrogen-bond acceptors (Lipinski definition) is 5. The Bertz CT molecular complexity index is 635. The van der Waals surface area contributed by atoms with Crippen LogP contribution in [-0.4, -0.2) is 86.0 Å². The van der Waals surface area contributed by atoms with E-state index in [2.05, 4.69) is 21.2 Å². The van der Waals surface area contributed by atoms with Crippen molar-refractivity contribution in [2.75, 3.05) is 53.4 Å². The van der Waals surface area contributed by atoms with Crippen molar-refractivity contribution in [2.45, 2.75) is 12.6 Å². The van der Waals surface area contributed by atoms with Gasteiger partial charge in [-0.2, -0.15) is 0 Å². The van der Waals surface area contributed by atoms with Crippen molar-refractivity contribution in [1.82, 2.24) is 20.0 Å². The molecule has 0 saturated carbocycles. The van der Waals surface area contributed by atoms with E-state index >= 15 is 0 Å². The molecule has 25 heavy (non-hydrogen) atoms. The first kappa shape index (κ1) is 17.7. The minimum absolute atomic E-state index is 0.0108. The fraction of sp³-hybridized carbons (Fsp3) is 0.556. The molecule has 2 amide bonds. The molecule has 7 heteroatoms. The lowest BCUT2D eigenvalue weighted by Gasteiger charge is -2.43. The lowest BCUT2D eigenvalue weighted by atomic mass is 10.1. The van der Waals surface area contributed by atoms with Crippen molar-refractivity contribution in [2.24, 2.45) is 0 Å². The van der Waals surface area contributed by atoms with Gasteiger partial charge in [0.1, 0.15) is 18.4 Å². The molecule has 1 N–H and O–H groups in total. The number of likely N-dealkylation sites (N-methyl/N-ethyl adjacent to an activating group) is 1. The Morgan fingerprint density at radius 2 is 2.04 bits per heavy atom. The summed E-state index contributed by atoms with van der Waals surface area (Å²) in [5, 5.41) is 2.68. The molecular weight excluding hydrogens is 320 g/mol. The fourth-order valence-electron chi connectivity index (χ4n) is 3.24. The Labute approximate surface area is 148 Å². The molecule has 0 radical (unpaired) electrons. The Morgan fingerprint density at radius 3 is 2.84 bits per heavy atom. The van der Waals surface area contributed by atoms with Crippen molar-refractivity contribution >= 4 is 11.8 Å². The van der Waals surface area contributed by atoms with Gasteiger partial charge in [-0.15, -0.1) is 0 Å². The molecule has 3 rings (SSSR count). The standard InChI is InChI=1S/C18H26N4O3/c1-20(2)9-10-25-16-6-4-3-5-14(16)12-21-7-8-22-15(13-21)18(24)19-11-17(22)23/h3-6,15H,7-13H2,1-2H3,(H,19,24)/t15-/m1/s1. The molecule has 2 saturated heterocycles. The predicted molar refractivity (Wildman–Crippen MR) is 94.3 cm³/mol. The molecule has 0 aromatic heterocycles. The van der Waals surface area contributed by atoms with Crippen LogP contribution in [0.5, 0.6) is 5.75 Å². The summed E-state index contributed by atoms with van der Waals surface area (Å²) in [6.07, 6.45) is 0. The van der Waals surface area contributed by atoms with E-state index in [0.717, 1.165) is 24.4 Å². The number of nitrogens with zero attached hydrogens (tertiary/aromatic N) is 3. The minimum atomic E-state index is -0.378. The highest BCUT2D eigenvalue weighted by molar-refractivity contribution is 5.95. The topological polar surface area (TPSA) is 65.1 Å². The number of amides is 2. The van der Waals surface area contributed by atoms with Crippen molar-refractivity contribution in [3.63, 3.8) is 0 Å². The molecule has 1 aromatic carbocycles. The van der Waals surface area contributed by atoms with E-state index in [1.807, 2.05) is 32.3 Å². The van der Waals surface area contributed by atoms with Crippen LogP contribution < -0.4 is 10.1 Å². The number of para-hydroxylation sites is 1. The van der Waals surface area contributed by atoms with Crippen LogP contribution in [0, 0.1) is 0 Å². The zero-order valence-corrected chi connectivity index (χ0v) is 14.9. The van der Waals surface area contributed by atoms with Crippen molar-refractivity contribution in [3.8, 4) is 5.75 Å². The van der Waals surface area contributed by atoms with Gasteiger partial charge >= 0.3 is 0 Å². The van der Waals surface area contributed by atoms with Crippen LogP contribution in [-0.2, 0) is 16.1 Å². The fourth-order valence-corrected chi connectivity index (χ4v) is 3.24. The van der Waals surface area contributed by atoms with Gasteiger partial charge in [-0.25, -0.2) is 0 Å². The predicted octanol–water partition coefficient (Wildman–Crippen LogP) is -0.230. The Balaban J connectivity index is 1.63. The van der Waals surface area contributed by atoms with Crippen LogP contribution in [0.15, 0.2) is 24.3 Å². The number of carbonyl (C=O) groups excluding carboxylic acids is 2. The molecule has 0 aliphatic carbocycles. The van der Waals surface area contributed by atoms with Gasteiger partial charge in [-0.05, 0) is 20.2 Å². The normalized spacial score (nSPS) is 21.2. The minimum Gasteiger partial charge on any atom is -0.492 e. The van der Waals surface area contributed by atoms with E-state index in [0.29, 0.717) is 26.2 Å². The molecule has 0 bridgehead atoms. The maximum atomic E-state index is 12.1. The highest BCUT2D eigenvalue weighted by Crippen LogP contribution is 2.22. The van der Waals surface area contributed by atoms with E-state index in [1.54, 1.807) is 4.90 Å². The Hall–Kier alpha value is -2.12. The summed E-state index contributed by atoms with van der Waals surface area (Å²) >= 11 is 0. The SMILES string of the molecule is CN(C)CCOc1ccccc1CN1CCN2C(=O)CNC(=O)[C@H]2C1. The number of benzene rings is 1. The first-order chi connectivity index (χ1) is 12.0. The summed E-state index contributed by atoms with van der Waals surface area (Å²) in [5.41, 5.74) is 1.11. The van der Waals surface area contributed by atoms with Gasteiger partial charge in [0, 0.05) is 38.3 Å². The first-order valence-electron chi connectivity index (χ1n) is 8.69. The molecule has 1 aromatic rings. The van der Waals surface area contributed by atoms with Crippen LogP contribution in [0.4, 0.5) is 0 Å². The Morgan fingerprint density at radius 1 is 1.24 bits per heavy atom. The second-order valence-corrected chi connectivity index (χ2v) is 6.82. The zero-order valence-electron chi connectivity index (χ0n) is 14.9. The number of nitrogens with one attached hydrogen (secondary N) is 1. The zero-order chi connectivity index (χ0) is 17.8. The van der Waals surface area contributed by atoms with E-state index in [4.69, 9.17) is 4.74 Å². The highest BCUT2D eigenvalue weighted by atomic mass is 16.5. The monoisotopic (exact) mass is 346 g/mol. The van der Waals surface area contributed by atoms with Gasteiger partial charge in [0.2, 0.25) is 11.8 Å². The summed E-state index contributed by atoms with van der Waals surface area (Å²) in [5.74, 6) is 0.840. The number of ether oxygens (including phenoxy) is 1. The van der Waals surface area contributed by atoms with E-state index in [-0.39, 0.29) is 24.4 Å². The lowest BCUT2D eigenvalue weighted by Crippen LogP contribution is -2.65. The van der Waals surface area contributed by atoms with Crippen LogP contribution >= 0.6 is 0 Å². The van der Waals surface area contributed by atoms with Gasteiger partial charge in [-0.3, -0.25) is 14.5 Å². The molecule has 2 aliphatic rings. The van der Waals surface area contributed by atoms with Gasteiger partial charge < -0.3 is 19.9 Å². The third kappa shape index (κ3) is 4.29. The number of piperazine rings is 2. The highest BCUT2D eigenvalue weighted by Gasteiger charge is 2.38. The molecule has 2 fully saturated rings. The molecular formula is C18H26N4O3. The molecule has 2 aliphatic heterocycles. The molecule has 0 spiro atoms. The maximum Gasteiger partial charge on any atom is 0.244 e. The van der Waals surface area contributed by atoms with Crippen LogP contribution in [0.25, 0.3) is 0 Å². The van der Waals surface area contributed by atoms with Gasteiger partial charge in [0.25, 0.3) is 0 Å². The van der Waals surface area contributed by atoms with Crippen molar-refractivity contribution < 1.29 is 14.3 Å². The van der Waals surface area contributed by atoms with Gasteiger partial charge in [0.05, 0.1) is 6.54 Å². The van der Waals surface area contributed by atoms with Crippen LogP contribution in [0.2, 0.25) is 0 Å². The summed E-state index contributed by atoms with van der Waals surface area (Å²) in [6.45, 7) is 4.25. The largest absolute Gasteiger partial charge is 0.492 e. The molecule has 1 atom stereocenters. The lowest BCUT2D eigenvalue weighted by molar-refractivity contribution is -0.149. The number of carbonyl (C=O) groups is 2. The molecule has 136 valence electrons. The van der Waals surface area contributed by atoms with Gasteiger partial charge in [-0.1, -0.05) is 18.2 Å². The average Bonchev–Trinajstić information content (AvgIpc) is 2.59. The number of fused-ring (bicyclic) bond motifs is 1. The van der Waals surface area contributed by atoms with Crippen molar-refractivity contribution in [3.05, 3.63) is 29.8 Å². The smallest absolute Gasteiger partial charge is 0.244 e. The summed E-state index contributed by atoms with van der Waals surface area (Å²) in [4.78, 5) is 30.0. The number of rotatable bonds is 6. The summed E-state index contributed by atoms with van der Waals surface area (Å²) in [6, 6.07) is 7.64. The Kier molecular flexibility index (Phi) is 5.55. The van der Waals surface area contributed by atoms with Crippen LogP contribution in [0.1, 0.15) is 5.56 Å².